The normalized spacial score (nSPS) is 10.9. The highest BCUT2D eigenvalue weighted by molar-refractivity contribution is 6.30. The molecular weight excluding hydrogens is 277 g/mol. The molecule has 0 unspecified atom stereocenters. The molecule has 0 spiro atoms. The Hall–Kier alpha value is -1.68. The first-order valence-corrected chi connectivity index (χ1v) is 6.83. The van der Waals surface area contributed by atoms with Crippen LogP contribution in [0.25, 0.3) is 0 Å². The molecule has 0 amide bonds. The third-order valence-corrected chi connectivity index (χ3v) is 3.42. The minimum absolute atomic E-state index is 0.196. The summed E-state index contributed by atoms with van der Waals surface area (Å²) in [6, 6.07) is 6.73. The van der Waals surface area contributed by atoms with E-state index in [0.717, 1.165) is 11.4 Å². The van der Waals surface area contributed by atoms with E-state index in [4.69, 9.17) is 11.6 Å². The van der Waals surface area contributed by atoms with Gasteiger partial charge in [-0.15, -0.1) is 0 Å². The van der Waals surface area contributed by atoms with E-state index in [1.54, 1.807) is 12.1 Å². The second-order valence-corrected chi connectivity index (χ2v) is 5.36. The molecule has 0 bridgehead atoms. The topological polar surface area (TPSA) is 29.0 Å². The summed E-state index contributed by atoms with van der Waals surface area (Å²) in [5, 5.41) is 0.449. The summed E-state index contributed by atoms with van der Waals surface area (Å²) in [6.45, 7) is 4.50. The molecule has 0 saturated carbocycles. The van der Waals surface area contributed by atoms with Crippen molar-refractivity contribution < 1.29 is 4.39 Å². The van der Waals surface area contributed by atoms with Crippen LogP contribution in [0.5, 0.6) is 0 Å². The molecule has 1 heterocycles. The second kappa shape index (κ2) is 6.18. The second-order valence-electron chi connectivity index (χ2n) is 5.00. The number of rotatable bonds is 4. The summed E-state index contributed by atoms with van der Waals surface area (Å²) in [5.74, 6) is 0.718. The van der Waals surface area contributed by atoms with Crippen molar-refractivity contribution >= 4 is 17.4 Å². The van der Waals surface area contributed by atoms with E-state index in [2.05, 4.69) is 9.97 Å². The van der Waals surface area contributed by atoms with Gasteiger partial charge < -0.3 is 4.90 Å². The van der Waals surface area contributed by atoms with Gasteiger partial charge in [0.05, 0.1) is 0 Å². The summed E-state index contributed by atoms with van der Waals surface area (Å²) >= 11 is 6.15. The van der Waals surface area contributed by atoms with Crippen molar-refractivity contribution in [1.82, 2.24) is 9.97 Å². The summed E-state index contributed by atoms with van der Waals surface area (Å²) in [7, 11) is 1.87. The first-order chi connectivity index (χ1) is 9.50. The van der Waals surface area contributed by atoms with Crippen LogP contribution in [0.1, 0.15) is 30.9 Å². The van der Waals surface area contributed by atoms with Gasteiger partial charge >= 0.3 is 0 Å². The van der Waals surface area contributed by atoms with Gasteiger partial charge in [-0.2, -0.15) is 0 Å². The van der Waals surface area contributed by atoms with Crippen molar-refractivity contribution in [2.45, 2.75) is 26.3 Å². The Kier molecular flexibility index (Phi) is 4.55. The summed E-state index contributed by atoms with van der Waals surface area (Å²) in [4.78, 5) is 10.2. The zero-order valence-corrected chi connectivity index (χ0v) is 12.5. The highest BCUT2D eigenvalue weighted by Gasteiger charge is 2.17. The zero-order chi connectivity index (χ0) is 14.7. The third kappa shape index (κ3) is 3.07. The molecule has 3 nitrogen and oxygen atoms in total. The summed E-state index contributed by atoms with van der Waals surface area (Å²) in [5.41, 5.74) is 1.51. The van der Waals surface area contributed by atoms with Crippen LogP contribution in [0.4, 0.5) is 10.2 Å². The van der Waals surface area contributed by atoms with Crippen LogP contribution in [0.15, 0.2) is 30.6 Å². The highest BCUT2D eigenvalue weighted by Crippen LogP contribution is 2.30. The van der Waals surface area contributed by atoms with Gasteiger partial charge in [-0.1, -0.05) is 43.6 Å². The van der Waals surface area contributed by atoms with Gasteiger partial charge in [0.15, 0.2) is 0 Å². The van der Waals surface area contributed by atoms with Crippen LogP contribution in [-0.4, -0.2) is 17.0 Å². The van der Waals surface area contributed by atoms with Gasteiger partial charge in [0.2, 0.25) is 0 Å². The molecule has 0 saturated heterocycles. The molecule has 0 aliphatic carbocycles. The maximum absolute atomic E-state index is 13.7. The van der Waals surface area contributed by atoms with Crippen LogP contribution < -0.4 is 4.90 Å². The third-order valence-electron chi connectivity index (χ3n) is 3.12. The lowest BCUT2D eigenvalue weighted by Gasteiger charge is -2.23. The van der Waals surface area contributed by atoms with Gasteiger partial charge in [-0.3, -0.25) is 0 Å². The van der Waals surface area contributed by atoms with Crippen LogP contribution in [0.3, 0.4) is 0 Å². The van der Waals surface area contributed by atoms with E-state index in [1.807, 2.05) is 31.9 Å². The average molecular weight is 294 g/mol. The molecule has 2 rings (SSSR count). The predicted molar refractivity (Wildman–Crippen MR) is 79.6 cm³/mol. The van der Waals surface area contributed by atoms with Gasteiger partial charge in [0.25, 0.3) is 0 Å². The minimum Gasteiger partial charge on any atom is -0.355 e. The van der Waals surface area contributed by atoms with Gasteiger partial charge in [-0.25, -0.2) is 14.4 Å². The fourth-order valence-electron chi connectivity index (χ4n) is 2.12. The van der Waals surface area contributed by atoms with Crippen molar-refractivity contribution in [2.75, 3.05) is 11.9 Å². The Morgan fingerprint density at radius 2 is 1.95 bits per heavy atom. The first-order valence-electron chi connectivity index (χ1n) is 6.45. The molecule has 0 aliphatic heterocycles. The van der Waals surface area contributed by atoms with E-state index in [9.17, 15) is 4.39 Å². The van der Waals surface area contributed by atoms with Gasteiger partial charge in [0.1, 0.15) is 23.1 Å². The van der Waals surface area contributed by atoms with Crippen LogP contribution in [0.2, 0.25) is 5.15 Å². The predicted octanol–water partition coefficient (Wildman–Crippen LogP) is 4.03. The number of hydrogen-bond donors (Lipinski definition) is 0. The van der Waals surface area contributed by atoms with Crippen molar-refractivity contribution in [2.24, 2.45) is 0 Å². The smallest absolute Gasteiger partial charge is 0.138 e. The van der Waals surface area contributed by atoms with Crippen molar-refractivity contribution in [3.05, 3.63) is 52.7 Å². The molecular formula is C15H17ClFN3. The van der Waals surface area contributed by atoms with E-state index in [-0.39, 0.29) is 11.7 Å². The molecule has 1 aromatic carbocycles. The molecule has 1 aromatic heterocycles. The molecule has 106 valence electrons. The lowest BCUT2D eigenvalue weighted by Crippen LogP contribution is -2.21. The molecule has 0 atom stereocenters. The minimum atomic E-state index is -0.217. The number of benzene rings is 1. The lowest BCUT2D eigenvalue weighted by atomic mass is 10.1. The van der Waals surface area contributed by atoms with Crippen LogP contribution >= 0.6 is 11.6 Å². The fraction of sp³-hybridized carbons (Fsp3) is 0.333. The Morgan fingerprint density at radius 1 is 1.25 bits per heavy atom. The molecule has 2 aromatic rings. The fourth-order valence-corrected chi connectivity index (χ4v) is 2.47. The quantitative estimate of drug-likeness (QED) is 0.797. The number of halogens is 2. The van der Waals surface area contributed by atoms with Gasteiger partial charge in [0, 0.05) is 24.7 Å². The van der Waals surface area contributed by atoms with Crippen molar-refractivity contribution in [3.8, 4) is 0 Å². The van der Waals surface area contributed by atoms with Crippen LogP contribution in [-0.2, 0) is 6.54 Å². The van der Waals surface area contributed by atoms with Crippen LogP contribution in [0, 0.1) is 5.82 Å². The Balaban J connectivity index is 2.33. The lowest BCUT2D eigenvalue weighted by molar-refractivity contribution is 0.607. The average Bonchev–Trinajstić information content (AvgIpc) is 2.40. The van der Waals surface area contributed by atoms with E-state index in [1.165, 1.54) is 12.4 Å². The van der Waals surface area contributed by atoms with Crippen molar-refractivity contribution in [1.29, 1.82) is 0 Å². The van der Waals surface area contributed by atoms with E-state index >= 15 is 0 Å². The van der Waals surface area contributed by atoms with E-state index < -0.39 is 0 Å². The molecule has 0 fully saturated rings. The van der Waals surface area contributed by atoms with E-state index in [0.29, 0.717) is 17.3 Å². The number of anilines is 1. The highest BCUT2D eigenvalue weighted by atomic mass is 35.5. The summed E-state index contributed by atoms with van der Waals surface area (Å²) in [6.07, 6.45) is 1.43. The Bertz CT molecular complexity index is 601. The molecule has 0 aliphatic rings. The number of nitrogens with zero attached hydrogens (tertiary/aromatic N) is 3. The maximum Gasteiger partial charge on any atom is 0.138 e. The zero-order valence-electron chi connectivity index (χ0n) is 11.8. The summed E-state index contributed by atoms with van der Waals surface area (Å²) < 4.78 is 13.7. The molecule has 20 heavy (non-hydrogen) atoms. The molecule has 0 radical (unpaired) electrons. The standard InChI is InChI=1S/C15H17ClFN3/c1-10(2)13-14(16)18-9-19-15(13)20(3)8-11-6-4-5-7-12(11)17/h4-7,9-10H,8H2,1-3H3. The Labute approximate surface area is 123 Å². The first kappa shape index (κ1) is 14.7. The Morgan fingerprint density at radius 3 is 2.60 bits per heavy atom. The largest absolute Gasteiger partial charge is 0.355 e. The molecule has 5 heteroatoms. The molecule has 0 N–H and O–H groups in total. The SMILES string of the molecule is CC(C)c1c(Cl)ncnc1N(C)Cc1ccccc1F. The van der Waals surface area contributed by atoms with Gasteiger partial charge in [-0.05, 0) is 12.0 Å². The maximum atomic E-state index is 13.7. The number of hydrogen-bond acceptors (Lipinski definition) is 3. The van der Waals surface area contributed by atoms with Crippen molar-refractivity contribution in [3.63, 3.8) is 0 Å². The number of aromatic nitrogens is 2. The monoisotopic (exact) mass is 293 g/mol.